The fraction of sp³-hybridized carbons (Fsp3) is 0.733. The lowest BCUT2D eigenvalue weighted by molar-refractivity contribution is -0.130. The second kappa shape index (κ2) is 6.41. The summed E-state index contributed by atoms with van der Waals surface area (Å²) >= 11 is 0. The molecule has 23 heavy (non-hydrogen) atoms. The summed E-state index contributed by atoms with van der Waals surface area (Å²) < 4.78 is 48.0. The van der Waals surface area contributed by atoms with Gasteiger partial charge in [-0.3, -0.25) is 0 Å². The molecule has 1 aliphatic heterocycles. The summed E-state index contributed by atoms with van der Waals surface area (Å²) in [5.41, 5.74) is -0.243. The van der Waals surface area contributed by atoms with E-state index in [0.717, 1.165) is 12.8 Å². The minimum atomic E-state index is -4.48. The average Bonchev–Trinajstić information content (AvgIpc) is 2.80. The summed E-state index contributed by atoms with van der Waals surface area (Å²) in [6, 6.07) is 0.0600. The third-order valence-corrected chi connectivity index (χ3v) is 4.34. The van der Waals surface area contributed by atoms with Crippen LogP contribution in [-0.2, 0) is 11.2 Å². The third kappa shape index (κ3) is 3.79. The molecular formula is C15H21F3N2O3. The van der Waals surface area contributed by atoms with E-state index in [1.165, 1.54) is 0 Å². The second-order valence-corrected chi connectivity index (χ2v) is 5.84. The van der Waals surface area contributed by atoms with Crippen LogP contribution in [0.5, 0.6) is 0 Å². The number of ether oxygens (including phenoxy) is 1. The average molecular weight is 334 g/mol. The van der Waals surface area contributed by atoms with Crippen LogP contribution in [0.4, 0.5) is 19.2 Å². The first-order valence-corrected chi connectivity index (χ1v) is 7.72. The van der Waals surface area contributed by atoms with Gasteiger partial charge < -0.3 is 14.1 Å². The molecule has 0 aromatic carbocycles. The Kier molecular flexibility index (Phi) is 4.91. The summed E-state index contributed by atoms with van der Waals surface area (Å²) in [6.45, 7) is 7.12. The van der Waals surface area contributed by atoms with Gasteiger partial charge in [0.2, 0.25) is 0 Å². The van der Waals surface area contributed by atoms with Crippen LogP contribution in [-0.4, -0.2) is 36.8 Å². The van der Waals surface area contributed by atoms with E-state index < -0.39 is 24.3 Å². The molecule has 0 amide bonds. The Morgan fingerprint density at radius 2 is 1.91 bits per heavy atom. The maximum Gasteiger partial charge on any atom is 0.396 e. The van der Waals surface area contributed by atoms with Gasteiger partial charge in [-0.1, -0.05) is 13.8 Å². The van der Waals surface area contributed by atoms with Gasteiger partial charge in [0.05, 0.1) is 6.61 Å². The van der Waals surface area contributed by atoms with Crippen molar-refractivity contribution >= 4 is 12.0 Å². The number of alkyl halides is 3. The first-order chi connectivity index (χ1) is 10.7. The Balaban J connectivity index is 2.22. The van der Waals surface area contributed by atoms with E-state index in [1.54, 1.807) is 11.8 Å². The van der Waals surface area contributed by atoms with Crippen molar-refractivity contribution in [1.82, 2.24) is 4.98 Å². The van der Waals surface area contributed by atoms with Crippen LogP contribution in [0.1, 0.15) is 49.9 Å². The Bertz CT molecular complexity index is 557. The topological polar surface area (TPSA) is 55.6 Å². The van der Waals surface area contributed by atoms with E-state index in [4.69, 9.17) is 9.15 Å². The standard InChI is InChI=1S/C15H21F3N2O3/c1-4-14(5-2)8-20(9-14)13-19-11(12(21)22-6-3)10(23-13)7-15(16,17)18/h4-9H2,1-3H3. The van der Waals surface area contributed by atoms with Crippen molar-refractivity contribution in [2.45, 2.75) is 46.2 Å². The molecule has 2 rings (SSSR count). The minimum absolute atomic E-state index is 0.0600. The number of anilines is 1. The molecule has 0 radical (unpaired) electrons. The van der Waals surface area contributed by atoms with Gasteiger partial charge in [0.25, 0.3) is 6.01 Å². The summed E-state index contributed by atoms with van der Waals surface area (Å²) in [6.07, 6.45) is -3.88. The zero-order chi connectivity index (χ0) is 17.3. The number of rotatable bonds is 6. The Morgan fingerprint density at radius 1 is 1.30 bits per heavy atom. The Labute approximate surface area is 132 Å². The highest BCUT2D eigenvalue weighted by Crippen LogP contribution is 2.40. The molecule has 1 fully saturated rings. The molecule has 0 unspecified atom stereocenters. The molecule has 0 bridgehead atoms. The van der Waals surface area contributed by atoms with Gasteiger partial charge >= 0.3 is 12.1 Å². The predicted molar refractivity (Wildman–Crippen MR) is 77.4 cm³/mol. The first-order valence-electron chi connectivity index (χ1n) is 7.72. The van der Waals surface area contributed by atoms with E-state index >= 15 is 0 Å². The molecule has 0 aliphatic carbocycles. The summed E-state index contributed by atoms with van der Waals surface area (Å²) in [7, 11) is 0. The van der Waals surface area contributed by atoms with Crippen molar-refractivity contribution in [3.63, 3.8) is 0 Å². The minimum Gasteiger partial charge on any atom is -0.461 e. The smallest absolute Gasteiger partial charge is 0.396 e. The lowest BCUT2D eigenvalue weighted by Gasteiger charge is -2.48. The summed E-state index contributed by atoms with van der Waals surface area (Å²) in [5, 5.41) is 0. The highest BCUT2D eigenvalue weighted by Gasteiger charge is 2.43. The number of hydrogen-bond donors (Lipinski definition) is 0. The number of nitrogens with zero attached hydrogens (tertiary/aromatic N) is 2. The molecular weight excluding hydrogens is 313 g/mol. The molecule has 0 spiro atoms. The van der Waals surface area contributed by atoms with Crippen LogP contribution in [0.3, 0.4) is 0 Å². The van der Waals surface area contributed by atoms with E-state index in [-0.39, 0.29) is 23.7 Å². The van der Waals surface area contributed by atoms with Crippen molar-refractivity contribution < 1.29 is 27.1 Å². The van der Waals surface area contributed by atoms with Crippen molar-refractivity contribution in [1.29, 1.82) is 0 Å². The van der Waals surface area contributed by atoms with Crippen LogP contribution >= 0.6 is 0 Å². The van der Waals surface area contributed by atoms with E-state index in [9.17, 15) is 18.0 Å². The van der Waals surface area contributed by atoms with Gasteiger partial charge in [-0.15, -0.1) is 0 Å². The van der Waals surface area contributed by atoms with Crippen LogP contribution in [0.15, 0.2) is 4.42 Å². The maximum atomic E-state index is 12.7. The maximum absolute atomic E-state index is 12.7. The molecule has 0 atom stereocenters. The highest BCUT2D eigenvalue weighted by molar-refractivity contribution is 5.88. The summed E-state index contributed by atoms with van der Waals surface area (Å²) in [4.78, 5) is 17.5. The van der Waals surface area contributed by atoms with Gasteiger partial charge in [0.15, 0.2) is 11.5 Å². The number of carbonyl (C=O) groups excluding carboxylic acids is 1. The normalized spacial score (nSPS) is 17.0. The zero-order valence-electron chi connectivity index (χ0n) is 13.5. The van der Waals surface area contributed by atoms with Crippen molar-refractivity contribution in [2.24, 2.45) is 5.41 Å². The number of carbonyl (C=O) groups is 1. The van der Waals surface area contributed by atoms with Crippen LogP contribution in [0, 0.1) is 5.41 Å². The van der Waals surface area contributed by atoms with Crippen LogP contribution in [0.2, 0.25) is 0 Å². The quantitative estimate of drug-likeness (QED) is 0.744. The molecule has 1 aliphatic rings. The fourth-order valence-corrected chi connectivity index (χ4v) is 2.73. The number of oxazole rings is 1. The molecule has 1 saturated heterocycles. The molecule has 2 heterocycles. The third-order valence-electron chi connectivity index (χ3n) is 4.34. The second-order valence-electron chi connectivity index (χ2n) is 5.84. The fourth-order valence-electron chi connectivity index (χ4n) is 2.73. The van der Waals surface area contributed by atoms with Crippen LogP contribution in [0.25, 0.3) is 0 Å². The molecule has 130 valence electrons. The van der Waals surface area contributed by atoms with Gasteiger partial charge in [-0.25, -0.2) is 4.79 Å². The molecule has 1 aromatic rings. The van der Waals surface area contributed by atoms with Gasteiger partial charge in [0.1, 0.15) is 6.42 Å². The van der Waals surface area contributed by atoms with Gasteiger partial charge in [-0.2, -0.15) is 18.2 Å². The van der Waals surface area contributed by atoms with E-state index in [2.05, 4.69) is 18.8 Å². The van der Waals surface area contributed by atoms with E-state index in [1.807, 2.05) is 0 Å². The number of aromatic nitrogens is 1. The highest BCUT2D eigenvalue weighted by atomic mass is 19.4. The molecule has 0 saturated carbocycles. The number of halogens is 3. The SMILES string of the molecule is CCOC(=O)c1nc(N2CC(CC)(CC)C2)oc1CC(F)(F)F. The molecule has 5 nitrogen and oxygen atoms in total. The predicted octanol–water partition coefficient (Wildman–Crippen LogP) is 3.58. The Hall–Kier alpha value is -1.73. The number of esters is 1. The zero-order valence-corrected chi connectivity index (χ0v) is 13.5. The largest absolute Gasteiger partial charge is 0.461 e. The monoisotopic (exact) mass is 334 g/mol. The van der Waals surface area contributed by atoms with Crippen molar-refractivity contribution in [3.8, 4) is 0 Å². The van der Waals surface area contributed by atoms with Gasteiger partial charge in [-0.05, 0) is 19.8 Å². The Morgan fingerprint density at radius 3 is 2.39 bits per heavy atom. The lowest BCUT2D eigenvalue weighted by Crippen LogP contribution is -2.56. The van der Waals surface area contributed by atoms with Gasteiger partial charge in [0, 0.05) is 18.5 Å². The first kappa shape index (κ1) is 17.6. The number of hydrogen-bond acceptors (Lipinski definition) is 5. The summed E-state index contributed by atoms with van der Waals surface area (Å²) in [5.74, 6) is -1.38. The molecule has 1 aromatic heterocycles. The molecule has 8 heteroatoms. The van der Waals surface area contributed by atoms with Crippen LogP contribution < -0.4 is 4.90 Å². The molecule has 0 N–H and O–H groups in total. The van der Waals surface area contributed by atoms with Crippen molar-refractivity contribution in [2.75, 3.05) is 24.6 Å². The van der Waals surface area contributed by atoms with E-state index in [0.29, 0.717) is 13.1 Å². The lowest BCUT2D eigenvalue weighted by atomic mass is 9.75. The van der Waals surface area contributed by atoms with Crippen molar-refractivity contribution in [3.05, 3.63) is 11.5 Å².